The predicted octanol–water partition coefficient (Wildman–Crippen LogP) is 4.57. The standard InChI is InChI=1S/C22H20Cl2N2O5/c1-3-4-5-18(19(27)25-13-8-6-12(7-9-13)22(30)31-2)26-20(28)14-10-16(23)17(24)11-15(14)21(26)29/h6-11,18H,3-5H2,1-2H3,(H,25,27)/t18-/m1/s1. The maximum Gasteiger partial charge on any atom is 0.337 e. The Kier molecular flexibility index (Phi) is 6.97. The van der Waals surface area contributed by atoms with E-state index in [0.717, 1.165) is 11.3 Å². The quantitative estimate of drug-likeness (QED) is 0.480. The molecule has 1 atom stereocenters. The molecule has 0 bridgehead atoms. The highest BCUT2D eigenvalue weighted by Gasteiger charge is 2.43. The molecule has 162 valence electrons. The third kappa shape index (κ3) is 4.57. The summed E-state index contributed by atoms with van der Waals surface area (Å²) in [5.41, 5.74) is 0.992. The van der Waals surface area contributed by atoms with Crippen LogP contribution in [0.2, 0.25) is 10.0 Å². The number of carbonyl (C=O) groups excluding carboxylic acids is 4. The zero-order valence-corrected chi connectivity index (χ0v) is 18.4. The minimum atomic E-state index is -1.01. The van der Waals surface area contributed by atoms with E-state index in [1.807, 2.05) is 6.92 Å². The Morgan fingerprint density at radius 2 is 1.58 bits per heavy atom. The van der Waals surface area contributed by atoms with Crippen LogP contribution in [0.15, 0.2) is 36.4 Å². The smallest absolute Gasteiger partial charge is 0.337 e. The largest absolute Gasteiger partial charge is 0.465 e. The monoisotopic (exact) mass is 462 g/mol. The van der Waals surface area contributed by atoms with Crippen LogP contribution >= 0.6 is 23.2 Å². The molecule has 2 aromatic carbocycles. The molecule has 0 aromatic heterocycles. The van der Waals surface area contributed by atoms with Crippen molar-refractivity contribution in [3.05, 3.63) is 63.1 Å². The molecule has 3 rings (SSSR count). The first kappa shape index (κ1) is 22.8. The fourth-order valence-electron chi connectivity index (χ4n) is 3.34. The molecule has 2 aromatic rings. The number of ether oxygens (including phenoxy) is 1. The summed E-state index contributed by atoms with van der Waals surface area (Å²) in [6, 6.07) is 7.79. The summed E-state index contributed by atoms with van der Waals surface area (Å²) >= 11 is 12.0. The number of hydrogen-bond acceptors (Lipinski definition) is 5. The highest BCUT2D eigenvalue weighted by molar-refractivity contribution is 6.43. The summed E-state index contributed by atoms with van der Waals surface area (Å²) in [4.78, 5) is 51.5. The van der Waals surface area contributed by atoms with Gasteiger partial charge in [-0.2, -0.15) is 0 Å². The van der Waals surface area contributed by atoms with Crippen molar-refractivity contribution in [1.82, 2.24) is 4.90 Å². The third-order valence-electron chi connectivity index (χ3n) is 4.98. The number of rotatable bonds is 7. The molecule has 1 aliphatic rings. The maximum atomic E-state index is 13.1. The number of hydrogen-bond donors (Lipinski definition) is 1. The van der Waals surface area contributed by atoms with E-state index in [9.17, 15) is 19.2 Å². The van der Waals surface area contributed by atoms with Crippen LogP contribution in [0, 0.1) is 0 Å². The summed E-state index contributed by atoms with van der Waals surface area (Å²) in [7, 11) is 1.28. The Morgan fingerprint density at radius 1 is 1.03 bits per heavy atom. The molecule has 0 saturated carbocycles. The van der Waals surface area contributed by atoms with Crippen LogP contribution in [0.3, 0.4) is 0 Å². The number of nitrogens with zero attached hydrogens (tertiary/aromatic N) is 1. The molecule has 31 heavy (non-hydrogen) atoms. The van der Waals surface area contributed by atoms with E-state index >= 15 is 0 Å². The number of imide groups is 1. The number of amides is 3. The van der Waals surface area contributed by atoms with Gasteiger partial charge in [-0.3, -0.25) is 19.3 Å². The second-order valence-electron chi connectivity index (χ2n) is 7.01. The molecular formula is C22H20Cl2N2O5. The van der Waals surface area contributed by atoms with E-state index < -0.39 is 29.7 Å². The van der Waals surface area contributed by atoms with Gasteiger partial charge in [0.25, 0.3) is 11.8 Å². The molecule has 0 aliphatic carbocycles. The van der Waals surface area contributed by atoms with Gasteiger partial charge in [-0.25, -0.2) is 4.79 Å². The van der Waals surface area contributed by atoms with Gasteiger partial charge in [-0.15, -0.1) is 0 Å². The van der Waals surface area contributed by atoms with Crippen LogP contribution in [-0.2, 0) is 9.53 Å². The topological polar surface area (TPSA) is 92.8 Å². The molecule has 0 unspecified atom stereocenters. The lowest BCUT2D eigenvalue weighted by molar-refractivity contribution is -0.120. The number of carbonyl (C=O) groups is 4. The Bertz CT molecular complexity index is 1010. The first-order valence-electron chi connectivity index (χ1n) is 9.64. The average molecular weight is 463 g/mol. The van der Waals surface area contributed by atoms with E-state index in [1.165, 1.54) is 31.4 Å². The number of nitrogens with one attached hydrogen (secondary N) is 1. The highest BCUT2D eigenvalue weighted by atomic mass is 35.5. The highest BCUT2D eigenvalue weighted by Crippen LogP contribution is 2.33. The summed E-state index contributed by atoms with van der Waals surface area (Å²) in [6.45, 7) is 1.95. The van der Waals surface area contributed by atoms with Crippen LogP contribution < -0.4 is 5.32 Å². The summed E-state index contributed by atoms with van der Waals surface area (Å²) in [5, 5.41) is 3.03. The van der Waals surface area contributed by atoms with Gasteiger partial charge >= 0.3 is 5.97 Å². The fraction of sp³-hybridized carbons (Fsp3) is 0.273. The lowest BCUT2D eigenvalue weighted by Gasteiger charge is -2.25. The lowest BCUT2D eigenvalue weighted by atomic mass is 10.1. The van der Waals surface area contributed by atoms with Gasteiger partial charge < -0.3 is 10.1 Å². The van der Waals surface area contributed by atoms with Gasteiger partial charge in [0.15, 0.2) is 0 Å². The number of halogens is 2. The molecule has 7 nitrogen and oxygen atoms in total. The van der Waals surface area contributed by atoms with Gasteiger partial charge in [0.05, 0.1) is 33.8 Å². The van der Waals surface area contributed by atoms with Crippen molar-refractivity contribution in [2.45, 2.75) is 32.2 Å². The molecule has 0 radical (unpaired) electrons. The Balaban J connectivity index is 1.86. The lowest BCUT2D eigenvalue weighted by Crippen LogP contribution is -2.47. The normalized spacial score (nSPS) is 13.7. The van der Waals surface area contributed by atoms with Crippen LogP contribution in [0.5, 0.6) is 0 Å². The minimum Gasteiger partial charge on any atom is -0.465 e. The Hall–Kier alpha value is -2.90. The zero-order chi connectivity index (χ0) is 22.7. The maximum absolute atomic E-state index is 13.1. The van der Waals surface area contributed by atoms with E-state index in [1.54, 1.807) is 12.1 Å². The first-order chi connectivity index (χ1) is 14.8. The molecule has 1 N–H and O–H groups in total. The fourth-order valence-corrected chi connectivity index (χ4v) is 3.67. The molecule has 0 fully saturated rings. The number of unbranched alkanes of at least 4 members (excludes halogenated alkanes) is 1. The van der Waals surface area contributed by atoms with Crippen molar-refractivity contribution in [3.63, 3.8) is 0 Å². The Labute approximate surface area is 189 Å². The number of anilines is 1. The van der Waals surface area contributed by atoms with Gasteiger partial charge in [0.1, 0.15) is 6.04 Å². The van der Waals surface area contributed by atoms with E-state index in [0.29, 0.717) is 24.1 Å². The minimum absolute atomic E-state index is 0.121. The van der Waals surface area contributed by atoms with E-state index in [4.69, 9.17) is 23.2 Å². The van der Waals surface area contributed by atoms with Gasteiger partial charge in [0, 0.05) is 5.69 Å². The SMILES string of the molecule is CCCC[C@H](C(=O)Nc1ccc(C(=O)OC)cc1)N1C(=O)c2cc(Cl)c(Cl)cc2C1=O. The van der Waals surface area contributed by atoms with Gasteiger partial charge in [-0.05, 0) is 42.8 Å². The zero-order valence-electron chi connectivity index (χ0n) is 16.9. The molecule has 0 spiro atoms. The van der Waals surface area contributed by atoms with Gasteiger partial charge in [-0.1, -0.05) is 43.0 Å². The second-order valence-corrected chi connectivity index (χ2v) is 7.82. The van der Waals surface area contributed by atoms with Crippen molar-refractivity contribution < 1.29 is 23.9 Å². The van der Waals surface area contributed by atoms with Crippen molar-refractivity contribution in [2.24, 2.45) is 0 Å². The number of methoxy groups -OCH3 is 1. The molecule has 9 heteroatoms. The van der Waals surface area contributed by atoms with Gasteiger partial charge in [0.2, 0.25) is 5.91 Å². The van der Waals surface area contributed by atoms with Crippen molar-refractivity contribution in [3.8, 4) is 0 Å². The Morgan fingerprint density at radius 3 is 2.06 bits per heavy atom. The number of fused-ring (bicyclic) bond motifs is 1. The van der Waals surface area contributed by atoms with Crippen LogP contribution in [0.4, 0.5) is 5.69 Å². The number of esters is 1. The van der Waals surface area contributed by atoms with Crippen molar-refractivity contribution >= 4 is 52.6 Å². The van der Waals surface area contributed by atoms with Crippen LogP contribution in [0.25, 0.3) is 0 Å². The van der Waals surface area contributed by atoms with Crippen LogP contribution in [-0.4, -0.2) is 41.7 Å². The van der Waals surface area contributed by atoms with E-state index in [2.05, 4.69) is 10.1 Å². The second kappa shape index (κ2) is 9.49. The molecule has 0 saturated heterocycles. The summed E-state index contributed by atoms with van der Waals surface area (Å²) < 4.78 is 4.65. The first-order valence-corrected chi connectivity index (χ1v) is 10.4. The van der Waals surface area contributed by atoms with Crippen LogP contribution in [0.1, 0.15) is 57.3 Å². The summed E-state index contributed by atoms with van der Waals surface area (Å²) in [5.74, 6) is -2.18. The van der Waals surface area contributed by atoms with Crippen molar-refractivity contribution in [1.29, 1.82) is 0 Å². The molecule has 3 amide bonds. The average Bonchev–Trinajstić information content (AvgIpc) is 2.99. The predicted molar refractivity (Wildman–Crippen MR) is 117 cm³/mol. The molecule has 1 heterocycles. The summed E-state index contributed by atoms with van der Waals surface area (Å²) in [6.07, 6.45) is 1.71. The molecular weight excluding hydrogens is 443 g/mol. The molecule has 1 aliphatic heterocycles. The number of benzene rings is 2. The third-order valence-corrected chi connectivity index (χ3v) is 5.70. The van der Waals surface area contributed by atoms with E-state index in [-0.39, 0.29) is 21.2 Å². The van der Waals surface area contributed by atoms with Crippen molar-refractivity contribution in [2.75, 3.05) is 12.4 Å².